The van der Waals surface area contributed by atoms with Crippen LogP contribution in [0.4, 0.5) is 0 Å². The number of piperazine rings is 1. The van der Waals surface area contributed by atoms with Gasteiger partial charge in [-0.25, -0.2) is 0 Å². The zero-order valence-corrected chi connectivity index (χ0v) is 11.7. The van der Waals surface area contributed by atoms with Crippen molar-refractivity contribution in [1.29, 1.82) is 0 Å². The van der Waals surface area contributed by atoms with Gasteiger partial charge in [-0.1, -0.05) is 0 Å². The molecule has 0 spiro atoms. The van der Waals surface area contributed by atoms with Crippen molar-refractivity contribution in [1.82, 2.24) is 20.0 Å². The maximum Gasteiger partial charge on any atom is 0.237 e. The molecule has 2 heterocycles. The normalized spacial score (nSPS) is 28.1. The van der Waals surface area contributed by atoms with E-state index in [4.69, 9.17) is 0 Å². The number of nitrogens with zero attached hydrogens (tertiary/aromatic N) is 3. The molecule has 2 fully saturated rings. The van der Waals surface area contributed by atoms with E-state index in [0.717, 1.165) is 52.2 Å². The Morgan fingerprint density at radius 2 is 1.94 bits per heavy atom. The van der Waals surface area contributed by atoms with Crippen molar-refractivity contribution < 1.29 is 4.79 Å². The molecule has 0 aliphatic carbocycles. The highest BCUT2D eigenvalue weighted by atomic mass is 16.2. The lowest BCUT2D eigenvalue weighted by Crippen LogP contribution is -2.50. The SMILES string of the molecule is CC1CN(C)CCCN1C(=O)CN1CCNCC1. The van der Waals surface area contributed by atoms with Gasteiger partial charge in [-0.15, -0.1) is 0 Å². The monoisotopic (exact) mass is 254 g/mol. The van der Waals surface area contributed by atoms with Crippen molar-refractivity contribution in [2.24, 2.45) is 0 Å². The Morgan fingerprint density at radius 1 is 1.22 bits per heavy atom. The van der Waals surface area contributed by atoms with E-state index in [0.29, 0.717) is 18.5 Å². The van der Waals surface area contributed by atoms with Gasteiger partial charge in [-0.3, -0.25) is 9.69 Å². The van der Waals surface area contributed by atoms with E-state index in [-0.39, 0.29) is 0 Å². The van der Waals surface area contributed by atoms with Crippen molar-refractivity contribution in [2.45, 2.75) is 19.4 Å². The van der Waals surface area contributed by atoms with E-state index in [9.17, 15) is 4.79 Å². The van der Waals surface area contributed by atoms with Crippen LogP contribution in [0.3, 0.4) is 0 Å². The summed E-state index contributed by atoms with van der Waals surface area (Å²) in [5.41, 5.74) is 0. The fourth-order valence-electron chi connectivity index (χ4n) is 2.89. The van der Waals surface area contributed by atoms with Gasteiger partial charge in [0, 0.05) is 45.3 Å². The van der Waals surface area contributed by atoms with Crippen LogP contribution in [0.5, 0.6) is 0 Å². The second-order valence-electron chi connectivity index (χ2n) is 5.58. The zero-order valence-electron chi connectivity index (χ0n) is 11.7. The van der Waals surface area contributed by atoms with Crippen LogP contribution in [0.2, 0.25) is 0 Å². The van der Waals surface area contributed by atoms with Gasteiger partial charge in [0.1, 0.15) is 0 Å². The molecule has 5 heteroatoms. The quantitative estimate of drug-likeness (QED) is 0.717. The molecule has 1 N–H and O–H groups in total. The summed E-state index contributed by atoms with van der Waals surface area (Å²) in [6.07, 6.45) is 1.09. The Hall–Kier alpha value is -0.650. The Balaban J connectivity index is 1.86. The van der Waals surface area contributed by atoms with Gasteiger partial charge in [-0.05, 0) is 26.9 Å². The molecule has 2 saturated heterocycles. The van der Waals surface area contributed by atoms with Gasteiger partial charge in [0.05, 0.1) is 6.54 Å². The molecule has 18 heavy (non-hydrogen) atoms. The summed E-state index contributed by atoms with van der Waals surface area (Å²) in [4.78, 5) is 19.0. The predicted molar refractivity (Wildman–Crippen MR) is 72.6 cm³/mol. The summed E-state index contributed by atoms with van der Waals surface area (Å²) in [7, 11) is 2.14. The van der Waals surface area contributed by atoms with Crippen molar-refractivity contribution in [2.75, 3.05) is 59.4 Å². The van der Waals surface area contributed by atoms with Gasteiger partial charge >= 0.3 is 0 Å². The largest absolute Gasteiger partial charge is 0.338 e. The molecule has 0 saturated carbocycles. The van der Waals surface area contributed by atoms with E-state index < -0.39 is 0 Å². The lowest BCUT2D eigenvalue weighted by Gasteiger charge is -2.32. The fraction of sp³-hybridized carbons (Fsp3) is 0.923. The van der Waals surface area contributed by atoms with Crippen LogP contribution in [0.25, 0.3) is 0 Å². The van der Waals surface area contributed by atoms with Crippen LogP contribution in [0.1, 0.15) is 13.3 Å². The molecule has 0 aromatic heterocycles. The van der Waals surface area contributed by atoms with Crippen LogP contribution >= 0.6 is 0 Å². The zero-order chi connectivity index (χ0) is 13.0. The number of rotatable bonds is 2. The first-order valence-corrected chi connectivity index (χ1v) is 7.08. The molecule has 0 radical (unpaired) electrons. The minimum atomic E-state index is 0.305. The maximum absolute atomic E-state index is 12.4. The molecular formula is C13H26N4O. The summed E-state index contributed by atoms with van der Waals surface area (Å²) in [6, 6.07) is 0.341. The number of hydrogen-bond donors (Lipinski definition) is 1. The Kier molecular flexibility index (Phi) is 4.97. The van der Waals surface area contributed by atoms with E-state index >= 15 is 0 Å². The Morgan fingerprint density at radius 3 is 2.67 bits per heavy atom. The van der Waals surface area contributed by atoms with Gasteiger partial charge in [0.2, 0.25) is 5.91 Å². The predicted octanol–water partition coefficient (Wildman–Crippen LogP) is -0.556. The highest BCUT2D eigenvalue weighted by molar-refractivity contribution is 5.78. The minimum Gasteiger partial charge on any atom is -0.338 e. The first-order valence-electron chi connectivity index (χ1n) is 7.08. The van der Waals surface area contributed by atoms with E-state index in [1.807, 2.05) is 0 Å². The third-order valence-electron chi connectivity index (χ3n) is 3.94. The maximum atomic E-state index is 12.4. The highest BCUT2D eigenvalue weighted by Crippen LogP contribution is 2.09. The average Bonchev–Trinajstić information content (AvgIpc) is 2.51. The standard InChI is InChI=1S/C13H26N4O/c1-12-10-15(2)6-3-7-17(12)13(18)11-16-8-4-14-5-9-16/h12,14H,3-11H2,1-2H3. The number of carbonyl (C=O) groups excluding carboxylic acids is 1. The van der Waals surface area contributed by atoms with Crippen molar-refractivity contribution in [3.8, 4) is 0 Å². The lowest BCUT2D eigenvalue weighted by atomic mass is 10.2. The van der Waals surface area contributed by atoms with Crippen LogP contribution in [0.15, 0.2) is 0 Å². The molecule has 1 unspecified atom stereocenters. The molecule has 5 nitrogen and oxygen atoms in total. The molecular weight excluding hydrogens is 228 g/mol. The van der Waals surface area contributed by atoms with E-state index in [1.54, 1.807) is 0 Å². The van der Waals surface area contributed by atoms with Crippen LogP contribution < -0.4 is 5.32 Å². The van der Waals surface area contributed by atoms with Crippen molar-refractivity contribution >= 4 is 5.91 Å². The molecule has 1 atom stereocenters. The van der Waals surface area contributed by atoms with Crippen molar-refractivity contribution in [3.63, 3.8) is 0 Å². The topological polar surface area (TPSA) is 38.8 Å². The number of likely N-dealkylation sites (N-methyl/N-ethyl adjacent to an activating group) is 1. The van der Waals surface area contributed by atoms with E-state index in [2.05, 4.69) is 34.0 Å². The van der Waals surface area contributed by atoms with Gasteiger partial charge in [0.25, 0.3) is 0 Å². The Bertz CT molecular complexity index is 278. The van der Waals surface area contributed by atoms with Gasteiger partial charge < -0.3 is 15.1 Å². The minimum absolute atomic E-state index is 0.305. The molecule has 2 aliphatic rings. The third-order valence-corrected chi connectivity index (χ3v) is 3.94. The van der Waals surface area contributed by atoms with Gasteiger partial charge in [-0.2, -0.15) is 0 Å². The van der Waals surface area contributed by atoms with Crippen LogP contribution in [-0.4, -0.2) is 86.1 Å². The smallest absolute Gasteiger partial charge is 0.237 e. The first kappa shape index (κ1) is 13.8. The van der Waals surface area contributed by atoms with E-state index in [1.165, 1.54) is 0 Å². The molecule has 1 amide bonds. The number of nitrogens with one attached hydrogen (secondary N) is 1. The summed E-state index contributed by atoms with van der Waals surface area (Å²) in [6.45, 7) is 9.76. The highest BCUT2D eigenvalue weighted by Gasteiger charge is 2.25. The van der Waals surface area contributed by atoms with Crippen LogP contribution in [-0.2, 0) is 4.79 Å². The molecule has 2 aliphatic heterocycles. The average molecular weight is 254 g/mol. The first-order chi connectivity index (χ1) is 8.66. The Labute approximate surface area is 110 Å². The number of amides is 1. The molecule has 104 valence electrons. The number of carbonyl (C=O) groups is 1. The second kappa shape index (κ2) is 6.50. The fourth-order valence-corrected chi connectivity index (χ4v) is 2.89. The summed E-state index contributed by atoms with van der Waals surface area (Å²) in [5.74, 6) is 0.305. The van der Waals surface area contributed by atoms with Crippen LogP contribution in [0, 0.1) is 0 Å². The summed E-state index contributed by atoms with van der Waals surface area (Å²) >= 11 is 0. The molecule has 2 rings (SSSR count). The van der Waals surface area contributed by atoms with Crippen molar-refractivity contribution in [3.05, 3.63) is 0 Å². The number of hydrogen-bond acceptors (Lipinski definition) is 4. The summed E-state index contributed by atoms with van der Waals surface area (Å²) < 4.78 is 0. The van der Waals surface area contributed by atoms with Gasteiger partial charge in [0.15, 0.2) is 0 Å². The lowest BCUT2D eigenvalue weighted by molar-refractivity contribution is -0.134. The summed E-state index contributed by atoms with van der Waals surface area (Å²) in [5, 5.41) is 3.32. The third kappa shape index (κ3) is 3.67. The molecule has 0 aromatic rings. The molecule has 0 bridgehead atoms. The second-order valence-corrected chi connectivity index (χ2v) is 5.58. The molecule has 0 aromatic carbocycles.